The van der Waals surface area contributed by atoms with Gasteiger partial charge in [-0.2, -0.15) is 0 Å². The highest BCUT2D eigenvalue weighted by atomic mass is 35.5. The number of benzene rings is 2. The van der Waals surface area contributed by atoms with Gasteiger partial charge in [-0.1, -0.05) is 35.9 Å². The molecule has 0 bridgehead atoms. The summed E-state index contributed by atoms with van der Waals surface area (Å²) in [6.45, 7) is 8.26. The van der Waals surface area contributed by atoms with Crippen LogP contribution in [0.1, 0.15) is 38.8 Å². The maximum absolute atomic E-state index is 11.0. The van der Waals surface area contributed by atoms with Crippen LogP contribution in [-0.4, -0.2) is 29.4 Å². The molecule has 1 aliphatic rings. The van der Waals surface area contributed by atoms with E-state index in [1.54, 1.807) is 18.2 Å². The first kappa shape index (κ1) is 20.7. The molecule has 0 unspecified atom stereocenters. The lowest BCUT2D eigenvalue weighted by Gasteiger charge is -2.32. The van der Waals surface area contributed by atoms with Crippen LogP contribution in [0, 0.1) is 0 Å². The zero-order valence-corrected chi connectivity index (χ0v) is 17.2. The van der Waals surface area contributed by atoms with Crippen LogP contribution in [0.5, 0.6) is 5.75 Å². The van der Waals surface area contributed by atoms with Crippen molar-refractivity contribution in [2.24, 2.45) is 0 Å². The van der Waals surface area contributed by atoms with E-state index in [2.05, 4.69) is 0 Å². The Balaban J connectivity index is 1.78. The Morgan fingerprint density at radius 2 is 1.75 bits per heavy atom. The van der Waals surface area contributed by atoms with E-state index in [1.165, 1.54) is 0 Å². The van der Waals surface area contributed by atoms with Crippen LogP contribution in [-0.2, 0) is 27.1 Å². The average Bonchev–Trinajstić information content (AvgIpc) is 2.81. The highest BCUT2D eigenvalue weighted by molar-refractivity contribution is 6.62. The fourth-order valence-corrected chi connectivity index (χ4v) is 3.25. The van der Waals surface area contributed by atoms with Crippen LogP contribution in [0.25, 0.3) is 0 Å². The van der Waals surface area contributed by atoms with Gasteiger partial charge in [-0.05, 0) is 56.9 Å². The largest absolute Gasteiger partial charge is 0.494 e. The molecule has 1 saturated heterocycles. The number of rotatable bonds is 6. The summed E-state index contributed by atoms with van der Waals surface area (Å²) in [5, 5.41) is 9.61. The molecule has 1 N–H and O–H groups in total. The number of hydrogen-bond donors (Lipinski definition) is 1. The second kappa shape index (κ2) is 7.78. The molecule has 7 heteroatoms. The Kier molecular flexibility index (Phi) is 5.75. The van der Waals surface area contributed by atoms with Gasteiger partial charge in [0.05, 0.1) is 17.6 Å². The molecular formula is C21H24BClO5. The van der Waals surface area contributed by atoms with E-state index in [1.807, 2.05) is 52.0 Å². The smallest absolute Gasteiger partial charge is 0.489 e. The summed E-state index contributed by atoms with van der Waals surface area (Å²) < 4.78 is 18.1. The summed E-state index contributed by atoms with van der Waals surface area (Å²) >= 11 is 6.31. The number of carbonyl (C=O) groups is 1. The molecule has 0 aliphatic carbocycles. The molecule has 0 saturated carbocycles. The van der Waals surface area contributed by atoms with Crippen molar-refractivity contribution in [1.29, 1.82) is 0 Å². The summed E-state index contributed by atoms with van der Waals surface area (Å²) in [5.74, 6) is -0.357. The Labute approximate surface area is 170 Å². The van der Waals surface area contributed by atoms with E-state index in [4.69, 9.17) is 30.8 Å². The summed E-state index contributed by atoms with van der Waals surface area (Å²) in [7, 11) is -0.512. The predicted octanol–water partition coefficient (Wildman–Crippen LogP) is 3.85. The van der Waals surface area contributed by atoms with E-state index < -0.39 is 24.3 Å². The lowest BCUT2D eigenvalue weighted by atomic mass is 9.78. The lowest BCUT2D eigenvalue weighted by molar-refractivity contribution is -0.136. The molecule has 0 atom stereocenters. The fourth-order valence-electron chi connectivity index (χ4n) is 2.99. The number of ether oxygens (including phenoxy) is 1. The number of para-hydroxylation sites is 1. The molecule has 1 aliphatic heterocycles. The molecule has 0 radical (unpaired) electrons. The van der Waals surface area contributed by atoms with E-state index in [0.717, 1.165) is 11.0 Å². The molecule has 0 spiro atoms. The first-order chi connectivity index (χ1) is 13.1. The molecule has 2 aromatic carbocycles. The highest BCUT2D eigenvalue weighted by Crippen LogP contribution is 2.36. The Morgan fingerprint density at radius 3 is 2.39 bits per heavy atom. The van der Waals surface area contributed by atoms with Crippen molar-refractivity contribution in [3.63, 3.8) is 0 Å². The van der Waals surface area contributed by atoms with Gasteiger partial charge in [0.25, 0.3) is 0 Å². The van der Waals surface area contributed by atoms with Crippen molar-refractivity contribution >= 4 is 30.2 Å². The third kappa shape index (κ3) is 4.51. The molecule has 0 amide bonds. The summed E-state index contributed by atoms with van der Waals surface area (Å²) in [5.41, 5.74) is 1.42. The van der Waals surface area contributed by atoms with Gasteiger partial charge in [0.2, 0.25) is 0 Å². The van der Waals surface area contributed by atoms with Crippen molar-refractivity contribution in [1.82, 2.24) is 0 Å². The van der Waals surface area contributed by atoms with Crippen LogP contribution in [0.15, 0.2) is 42.5 Å². The highest BCUT2D eigenvalue weighted by Gasteiger charge is 2.51. The van der Waals surface area contributed by atoms with Crippen LogP contribution in [0.2, 0.25) is 5.02 Å². The number of carboxylic acids is 1. The number of hydrogen-bond acceptors (Lipinski definition) is 4. The number of halogens is 1. The fraction of sp³-hybridized carbons (Fsp3) is 0.381. The topological polar surface area (TPSA) is 65.0 Å². The van der Waals surface area contributed by atoms with Crippen LogP contribution < -0.4 is 10.2 Å². The minimum absolute atomic E-state index is 0.0924. The first-order valence-corrected chi connectivity index (χ1v) is 9.53. The molecular weight excluding hydrogens is 378 g/mol. The van der Waals surface area contributed by atoms with E-state index in [0.29, 0.717) is 16.3 Å². The molecule has 0 aromatic heterocycles. The molecule has 5 nitrogen and oxygen atoms in total. The monoisotopic (exact) mass is 402 g/mol. The van der Waals surface area contributed by atoms with Gasteiger partial charge in [0.1, 0.15) is 12.4 Å². The lowest BCUT2D eigenvalue weighted by Crippen LogP contribution is -2.41. The molecule has 28 heavy (non-hydrogen) atoms. The number of aliphatic carboxylic acids is 1. The predicted molar refractivity (Wildman–Crippen MR) is 109 cm³/mol. The normalized spacial score (nSPS) is 17.5. The van der Waals surface area contributed by atoms with E-state index in [9.17, 15) is 4.79 Å². The van der Waals surface area contributed by atoms with Gasteiger partial charge in [-0.15, -0.1) is 0 Å². The van der Waals surface area contributed by atoms with Gasteiger partial charge < -0.3 is 19.2 Å². The van der Waals surface area contributed by atoms with Crippen molar-refractivity contribution in [3.8, 4) is 5.75 Å². The van der Waals surface area contributed by atoms with Gasteiger partial charge in [0, 0.05) is 10.6 Å². The third-order valence-corrected chi connectivity index (χ3v) is 5.43. The van der Waals surface area contributed by atoms with E-state index >= 15 is 0 Å². The summed E-state index contributed by atoms with van der Waals surface area (Å²) in [6, 6.07) is 12.7. The average molecular weight is 403 g/mol. The first-order valence-electron chi connectivity index (χ1n) is 9.15. The van der Waals surface area contributed by atoms with Crippen molar-refractivity contribution in [2.45, 2.75) is 51.9 Å². The van der Waals surface area contributed by atoms with Gasteiger partial charge >= 0.3 is 13.1 Å². The molecule has 1 heterocycles. The zero-order valence-electron chi connectivity index (χ0n) is 16.5. The van der Waals surface area contributed by atoms with Crippen molar-refractivity contribution in [3.05, 3.63) is 58.6 Å². The van der Waals surface area contributed by atoms with Crippen molar-refractivity contribution < 1.29 is 23.9 Å². The molecule has 148 valence electrons. The maximum atomic E-state index is 11.0. The SMILES string of the molecule is CC1(C)OB(c2cc(Cl)cc(COc3ccccc3CC(=O)O)c2)OC1(C)C. The van der Waals surface area contributed by atoms with Gasteiger partial charge in [-0.3, -0.25) is 4.79 Å². The van der Waals surface area contributed by atoms with Crippen LogP contribution in [0.3, 0.4) is 0 Å². The minimum atomic E-state index is -0.901. The Morgan fingerprint density at radius 1 is 1.11 bits per heavy atom. The second-order valence-corrected chi connectivity index (χ2v) is 8.38. The third-order valence-electron chi connectivity index (χ3n) is 5.21. The minimum Gasteiger partial charge on any atom is -0.489 e. The standard InChI is InChI=1S/C21H24BClO5/c1-20(2)21(3,4)28-22(27-20)16-9-14(10-17(23)12-16)13-26-18-8-6-5-7-15(18)11-19(24)25/h5-10,12H,11,13H2,1-4H3,(H,24,25). The van der Waals surface area contributed by atoms with E-state index in [-0.39, 0.29) is 13.0 Å². The molecule has 2 aromatic rings. The summed E-state index contributed by atoms with van der Waals surface area (Å²) in [6.07, 6.45) is -0.0924. The number of carboxylic acid groups (broad SMARTS) is 1. The second-order valence-electron chi connectivity index (χ2n) is 7.95. The maximum Gasteiger partial charge on any atom is 0.494 e. The zero-order chi connectivity index (χ0) is 20.5. The van der Waals surface area contributed by atoms with Crippen LogP contribution >= 0.6 is 11.6 Å². The summed E-state index contributed by atoms with van der Waals surface area (Å²) in [4.78, 5) is 11.0. The van der Waals surface area contributed by atoms with Gasteiger partial charge in [-0.25, -0.2) is 0 Å². The molecule has 3 rings (SSSR count). The van der Waals surface area contributed by atoms with Crippen LogP contribution in [0.4, 0.5) is 0 Å². The molecule has 1 fully saturated rings. The Hall–Kier alpha value is -2.02. The Bertz CT molecular complexity index is 865. The quantitative estimate of drug-likeness (QED) is 0.744. The van der Waals surface area contributed by atoms with Crippen molar-refractivity contribution in [2.75, 3.05) is 0 Å². The van der Waals surface area contributed by atoms with Gasteiger partial charge in [0.15, 0.2) is 0 Å².